The van der Waals surface area contributed by atoms with Crippen LogP contribution in [0.25, 0.3) is 0 Å². The standard InChI is InChI=1S/C16H17ClN2O2/c1-21-13-6-7-15(18)14(10-13)16(20)19-9-8-11-2-4-12(17)5-3-11/h2-7,10H,8-9,18H2,1H3,(H,19,20). The minimum atomic E-state index is -0.208. The summed E-state index contributed by atoms with van der Waals surface area (Å²) in [5.74, 6) is 0.396. The monoisotopic (exact) mass is 304 g/mol. The van der Waals surface area contributed by atoms with Crippen molar-refractivity contribution in [2.45, 2.75) is 6.42 Å². The van der Waals surface area contributed by atoms with Gasteiger partial charge in [-0.05, 0) is 42.3 Å². The SMILES string of the molecule is COc1ccc(N)c(C(=O)NCCc2ccc(Cl)cc2)c1. The minimum Gasteiger partial charge on any atom is -0.497 e. The van der Waals surface area contributed by atoms with Gasteiger partial charge in [-0.2, -0.15) is 0 Å². The fourth-order valence-corrected chi connectivity index (χ4v) is 2.05. The number of rotatable bonds is 5. The van der Waals surface area contributed by atoms with Gasteiger partial charge in [-0.3, -0.25) is 4.79 Å². The van der Waals surface area contributed by atoms with E-state index >= 15 is 0 Å². The van der Waals surface area contributed by atoms with Crippen LogP contribution in [0.4, 0.5) is 5.69 Å². The van der Waals surface area contributed by atoms with Gasteiger partial charge in [0.25, 0.3) is 5.91 Å². The van der Waals surface area contributed by atoms with Crippen molar-refractivity contribution in [1.82, 2.24) is 5.32 Å². The van der Waals surface area contributed by atoms with Gasteiger partial charge in [-0.25, -0.2) is 0 Å². The van der Waals surface area contributed by atoms with Gasteiger partial charge < -0.3 is 15.8 Å². The van der Waals surface area contributed by atoms with Crippen molar-refractivity contribution in [1.29, 1.82) is 0 Å². The van der Waals surface area contributed by atoms with E-state index in [4.69, 9.17) is 22.1 Å². The second-order valence-electron chi connectivity index (χ2n) is 4.59. The Morgan fingerprint density at radius 2 is 1.95 bits per heavy atom. The Bertz CT molecular complexity index is 627. The van der Waals surface area contributed by atoms with Gasteiger partial charge in [-0.15, -0.1) is 0 Å². The summed E-state index contributed by atoms with van der Waals surface area (Å²) >= 11 is 5.83. The van der Waals surface area contributed by atoms with Gasteiger partial charge in [0, 0.05) is 17.3 Å². The molecule has 0 aromatic heterocycles. The number of methoxy groups -OCH3 is 1. The maximum Gasteiger partial charge on any atom is 0.253 e. The number of carbonyl (C=O) groups is 1. The van der Waals surface area contributed by atoms with Gasteiger partial charge in [0.15, 0.2) is 0 Å². The van der Waals surface area contributed by atoms with Crippen LogP contribution in [0.3, 0.4) is 0 Å². The largest absolute Gasteiger partial charge is 0.497 e. The van der Waals surface area contributed by atoms with E-state index in [0.29, 0.717) is 28.6 Å². The van der Waals surface area contributed by atoms with Gasteiger partial charge in [0.2, 0.25) is 0 Å². The molecule has 1 amide bonds. The highest BCUT2D eigenvalue weighted by molar-refractivity contribution is 6.30. The summed E-state index contributed by atoms with van der Waals surface area (Å²) in [6, 6.07) is 12.6. The Morgan fingerprint density at radius 3 is 2.62 bits per heavy atom. The van der Waals surface area contributed by atoms with Gasteiger partial charge in [0.1, 0.15) is 5.75 Å². The van der Waals surface area contributed by atoms with E-state index in [-0.39, 0.29) is 5.91 Å². The summed E-state index contributed by atoms with van der Waals surface area (Å²) < 4.78 is 5.10. The molecule has 0 aliphatic carbocycles. The molecule has 0 aliphatic rings. The summed E-state index contributed by atoms with van der Waals surface area (Å²) in [6.45, 7) is 0.525. The second-order valence-corrected chi connectivity index (χ2v) is 5.02. The van der Waals surface area contributed by atoms with Crippen molar-refractivity contribution in [3.05, 3.63) is 58.6 Å². The lowest BCUT2D eigenvalue weighted by Crippen LogP contribution is -2.26. The van der Waals surface area contributed by atoms with Crippen LogP contribution in [0.2, 0.25) is 5.02 Å². The maximum atomic E-state index is 12.1. The number of nitrogens with two attached hydrogens (primary N) is 1. The molecule has 5 heteroatoms. The maximum absolute atomic E-state index is 12.1. The molecule has 0 atom stereocenters. The zero-order valence-electron chi connectivity index (χ0n) is 11.7. The second kappa shape index (κ2) is 6.99. The highest BCUT2D eigenvalue weighted by atomic mass is 35.5. The molecule has 0 spiro atoms. The first-order valence-corrected chi connectivity index (χ1v) is 6.94. The van der Waals surface area contributed by atoms with Crippen LogP contribution >= 0.6 is 11.6 Å². The molecule has 21 heavy (non-hydrogen) atoms. The predicted octanol–water partition coefficient (Wildman–Crippen LogP) is 2.90. The zero-order chi connectivity index (χ0) is 15.2. The molecule has 0 bridgehead atoms. The van der Waals surface area contributed by atoms with Crippen molar-refractivity contribution in [3.8, 4) is 5.75 Å². The average Bonchev–Trinajstić information content (AvgIpc) is 2.49. The summed E-state index contributed by atoms with van der Waals surface area (Å²) in [5, 5.41) is 3.55. The van der Waals surface area contributed by atoms with E-state index in [1.165, 1.54) is 0 Å². The lowest BCUT2D eigenvalue weighted by Gasteiger charge is -2.09. The molecule has 110 valence electrons. The third kappa shape index (κ3) is 4.13. The number of hydrogen-bond donors (Lipinski definition) is 2. The molecule has 2 aromatic rings. The molecule has 0 aliphatic heterocycles. The molecule has 0 saturated carbocycles. The third-order valence-electron chi connectivity index (χ3n) is 3.12. The van der Waals surface area contributed by atoms with E-state index in [9.17, 15) is 4.79 Å². The van der Waals surface area contributed by atoms with Crippen molar-refractivity contribution < 1.29 is 9.53 Å². The van der Waals surface area contributed by atoms with Gasteiger partial charge >= 0.3 is 0 Å². The molecular formula is C16H17ClN2O2. The number of halogens is 1. The summed E-state index contributed by atoms with van der Waals surface area (Å²) in [5.41, 5.74) is 7.78. The number of nitrogens with one attached hydrogen (secondary N) is 1. The van der Waals surface area contributed by atoms with Gasteiger partial charge in [-0.1, -0.05) is 23.7 Å². The number of carbonyl (C=O) groups excluding carboxylic acids is 1. The van der Waals surface area contributed by atoms with E-state index in [2.05, 4.69) is 5.32 Å². The van der Waals surface area contributed by atoms with Crippen molar-refractivity contribution in [2.24, 2.45) is 0 Å². The van der Waals surface area contributed by atoms with Crippen LogP contribution in [0.15, 0.2) is 42.5 Å². The first kappa shape index (κ1) is 15.2. The van der Waals surface area contributed by atoms with Crippen LogP contribution in [0.1, 0.15) is 15.9 Å². The first-order valence-electron chi connectivity index (χ1n) is 6.56. The predicted molar refractivity (Wildman–Crippen MR) is 84.9 cm³/mol. The Kier molecular flexibility index (Phi) is 5.06. The van der Waals surface area contributed by atoms with Crippen molar-refractivity contribution >= 4 is 23.2 Å². The summed E-state index contributed by atoms with van der Waals surface area (Å²) in [6.07, 6.45) is 0.729. The smallest absolute Gasteiger partial charge is 0.253 e. The third-order valence-corrected chi connectivity index (χ3v) is 3.37. The number of anilines is 1. The Labute approximate surface area is 128 Å². The van der Waals surface area contributed by atoms with Crippen LogP contribution in [0, 0.1) is 0 Å². The number of nitrogen functional groups attached to an aromatic ring is 1. The molecule has 0 saturated heterocycles. The molecule has 2 aromatic carbocycles. The molecule has 2 rings (SSSR count). The van der Waals surface area contributed by atoms with Crippen LogP contribution < -0.4 is 15.8 Å². The topological polar surface area (TPSA) is 64.3 Å². The van der Waals surface area contributed by atoms with E-state index in [1.807, 2.05) is 24.3 Å². The quantitative estimate of drug-likeness (QED) is 0.835. The highest BCUT2D eigenvalue weighted by Gasteiger charge is 2.10. The Hall–Kier alpha value is -2.20. The zero-order valence-corrected chi connectivity index (χ0v) is 12.5. The minimum absolute atomic E-state index is 0.208. The molecule has 0 heterocycles. The Morgan fingerprint density at radius 1 is 1.24 bits per heavy atom. The number of benzene rings is 2. The van der Waals surface area contributed by atoms with Gasteiger partial charge in [0.05, 0.1) is 12.7 Å². The van der Waals surface area contributed by atoms with Crippen LogP contribution in [0.5, 0.6) is 5.75 Å². The molecule has 4 nitrogen and oxygen atoms in total. The van der Waals surface area contributed by atoms with E-state index in [0.717, 1.165) is 12.0 Å². The molecule has 3 N–H and O–H groups in total. The average molecular weight is 305 g/mol. The normalized spacial score (nSPS) is 10.2. The lowest BCUT2D eigenvalue weighted by molar-refractivity contribution is 0.0954. The summed E-state index contributed by atoms with van der Waals surface area (Å²) in [4.78, 5) is 12.1. The highest BCUT2D eigenvalue weighted by Crippen LogP contribution is 2.19. The van der Waals surface area contributed by atoms with Crippen molar-refractivity contribution in [3.63, 3.8) is 0 Å². The number of ether oxygens (including phenoxy) is 1. The molecule has 0 fully saturated rings. The van der Waals surface area contributed by atoms with E-state index < -0.39 is 0 Å². The summed E-state index contributed by atoms with van der Waals surface area (Å²) in [7, 11) is 1.55. The number of amides is 1. The molecule has 0 unspecified atom stereocenters. The molecular weight excluding hydrogens is 288 g/mol. The molecule has 0 radical (unpaired) electrons. The lowest BCUT2D eigenvalue weighted by atomic mass is 10.1. The first-order chi connectivity index (χ1) is 10.1. The Balaban J connectivity index is 1.94. The number of hydrogen-bond acceptors (Lipinski definition) is 3. The van der Waals surface area contributed by atoms with Crippen LogP contribution in [-0.2, 0) is 6.42 Å². The van der Waals surface area contributed by atoms with Crippen molar-refractivity contribution in [2.75, 3.05) is 19.4 Å². The fourth-order valence-electron chi connectivity index (χ4n) is 1.93. The fraction of sp³-hybridized carbons (Fsp3) is 0.188. The van der Waals surface area contributed by atoms with Crippen LogP contribution in [-0.4, -0.2) is 19.6 Å². The van der Waals surface area contributed by atoms with E-state index in [1.54, 1.807) is 25.3 Å².